The number of methoxy groups -OCH3 is 1. The van der Waals surface area contributed by atoms with E-state index in [-0.39, 0.29) is 57.7 Å². The molecule has 6 aliphatic rings. The van der Waals surface area contributed by atoms with Crippen molar-refractivity contribution in [1.29, 1.82) is 0 Å². The van der Waals surface area contributed by atoms with E-state index in [1.54, 1.807) is 13.8 Å². The van der Waals surface area contributed by atoms with Crippen LogP contribution in [0.25, 0.3) is 0 Å². The summed E-state index contributed by atoms with van der Waals surface area (Å²) in [6, 6.07) is 0. The summed E-state index contributed by atoms with van der Waals surface area (Å²) in [6.45, 7) is 28.4. The number of carboxylic acids is 1. The molecule has 0 radical (unpaired) electrons. The Morgan fingerprint density at radius 1 is 0.879 bits per heavy atom. The molecule has 5 saturated carbocycles. The predicted molar refractivity (Wildman–Crippen MR) is 224 cm³/mol. The molecule has 0 aromatic rings. The molecule has 10 atom stereocenters. The van der Waals surface area contributed by atoms with Crippen LogP contribution in [-0.2, 0) is 28.6 Å². The number of carbonyl (C=O) groups is 4. The smallest absolute Gasteiger partial charge is 0.410 e. The van der Waals surface area contributed by atoms with Gasteiger partial charge in [-0.25, -0.2) is 9.59 Å². The highest BCUT2D eigenvalue weighted by Gasteiger charge is 2.71. The standard InChI is InChI=1S/C49H73NO8/c1-30(2)32-17-24-49(23-16-31-20-27-50(29-33(31)40(52)53)42(55)58-43(3,4)5)26-25-47(11)34(39(32)49)14-15-36-46(10)21-19-37(45(8,9)35(46)18-22-48(36,47)12)57-38(51)28-44(6,7)41(54)56-13/h32,34-37,39H,1,14-15,17-22,24-29H2,2-13H3,(H,52,53)/t32-,34?,35?,36?,37-,39?,46-,47+,48+,49+/m0/s1. The lowest BCUT2D eigenvalue weighted by Gasteiger charge is -2.72. The molecule has 0 bridgehead atoms. The van der Waals surface area contributed by atoms with Gasteiger partial charge in [-0.2, -0.15) is 0 Å². The third-order valence-electron chi connectivity index (χ3n) is 17.3. The van der Waals surface area contributed by atoms with Gasteiger partial charge in [0, 0.05) is 22.9 Å². The lowest BCUT2D eigenvalue weighted by atomic mass is 9.32. The first kappa shape index (κ1) is 44.3. The maximum atomic E-state index is 13.3. The molecular formula is C49H73NO8. The molecule has 1 heterocycles. The van der Waals surface area contributed by atoms with E-state index in [1.807, 2.05) is 20.8 Å². The van der Waals surface area contributed by atoms with E-state index < -0.39 is 29.0 Å². The fourth-order valence-corrected chi connectivity index (χ4v) is 14.2. The average molecular weight is 804 g/mol. The number of esters is 2. The topological polar surface area (TPSA) is 119 Å². The van der Waals surface area contributed by atoms with Gasteiger partial charge in [0.15, 0.2) is 0 Å². The number of fused-ring (bicyclic) bond motifs is 7. The number of carbonyl (C=O) groups excluding carboxylic acids is 3. The normalized spacial score (nSPS) is 38.1. The van der Waals surface area contributed by atoms with Gasteiger partial charge in [0.25, 0.3) is 0 Å². The number of nitrogens with zero attached hydrogens (tertiary/aromatic N) is 1. The van der Waals surface area contributed by atoms with Gasteiger partial charge in [-0.1, -0.05) is 58.6 Å². The van der Waals surface area contributed by atoms with E-state index >= 15 is 0 Å². The largest absolute Gasteiger partial charge is 0.478 e. The van der Waals surface area contributed by atoms with Crippen LogP contribution < -0.4 is 0 Å². The van der Waals surface area contributed by atoms with Gasteiger partial charge in [0.1, 0.15) is 11.7 Å². The Hall–Kier alpha value is -3.28. The van der Waals surface area contributed by atoms with Crippen molar-refractivity contribution in [2.75, 3.05) is 20.2 Å². The number of carboxylic acid groups (broad SMARTS) is 1. The summed E-state index contributed by atoms with van der Waals surface area (Å²) in [5, 5.41) is 10.3. The Morgan fingerprint density at radius 2 is 1.57 bits per heavy atom. The van der Waals surface area contributed by atoms with Crippen LogP contribution in [-0.4, -0.2) is 65.9 Å². The Balaban J connectivity index is 1.26. The molecule has 9 nitrogen and oxygen atoms in total. The molecule has 5 aliphatic carbocycles. The van der Waals surface area contributed by atoms with Gasteiger partial charge in [0.2, 0.25) is 0 Å². The maximum absolute atomic E-state index is 13.3. The van der Waals surface area contributed by atoms with Gasteiger partial charge in [-0.3, -0.25) is 9.59 Å². The minimum Gasteiger partial charge on any atom is -0.478 e. The summed E-state index contributed by atoms with van der Waals surface area (Å²) in [5.74, 6) is 7.74. The van der Waals surface area contributed by atoms with Crippen molar-refractivity contribution >= 4 is 24.0 Å². The van der Waals surface area contributed by atoms with E-state index in [2.05, 4.69) is 60.0 Å². The Labute approximate surface area is 348 Å². The van der Waals surface area contributed by atoms with Crippen LogP contribution in [0.15, 0.2) is 23.3 Å². The van der Waals surface area contributed by atoms with Crippen LogP contribution in [0.5, 0.6) is 0 Å². The monoisotopic (exact) mass is 804 g/mol. The highest BCUT2D eigenvalue weighted by atomic mass is 16.6. The van der Waals surface area contributed by atoms with Crippen molar-refractivity contribution in [3.05, 3.63) is 23.3 Å². The second-order valence-electron chi connectivity index (χ2n) is 22.4. The minimum absolute atomic E-state index is 0.00212. The Bertz CT molecular complexity index is 1810. The van der Waals surface area contributed by atoms with Crippen molar-refractivity contribution in [3.63, 3.8) is 0 Å². The van der Waals surface area contributed by atoms with Crippen LogP contribution in [0.3, 0.4) is 0 Å². The van der Waals surface area contributed by atoms with Crippen molar-refractivity contribution in [1.82, 2.24) is 4.90 Å². The number of aliphatic carboxylic acids is 1. The molecule has 58 heavy (non-hydrogen) atoms. The lowest BCUT2D eigenvalue weighted by Crippen LogP contribution is -2.66. The summed E-state index contributed by atoms with van der Waals surface area (Å²) in [6.07, 6.45) is 10.2. The molecule has 322 valence electrons. The number of hydrogen-bond donors (Lipinski definition) is 1. The van der Waals surface area contributed by atoms with Crippen LogP contribution in [0.2, 0.25) is 0 Å². The maximum Gasteiger partial charge on any atom is 0.410 e. The van der Waals surface area contributed by atoms with E-state index in [0.717, 1.165) is 64.2 Å². The molecule has 0 aromatic carbocycles. The van der Waals surface area contributed by atoms with E-state index in [1.165, 1.54) is 17.6 Å². The zero-order chi connectivity index (χ0) is 43.0. The summed E-state index contributed by atoms with van der Waals surface area (Å²) >= 11 is 0. The van der Waals surface area contributed by atoms with Gasteiger partial charge >= 0.3 is 24.0 Å². The Kier molecular flexibility index (Phi) is 11.5. The van der Waals surface area contributed by atoms with Gasteiger partial charge in [0.05, 0.1) is 31.1 Å². The van der Waals surface area contributed by atoms with E-state index in [0.29, 0.717) is 48.1 Å². The van der Waals surface area contributed by atoms with Crippen LogP contribution >= 0.6 is 0 Å². The number of allylic oxidation sites excluding steroid dienone is 1. The number of amides is 1. The molecular weight excluding hydrogens is 731 g/mol. The minimum atomic E-state index is -1.03. The average Bonchev–Trinajstić information content (AvgIpc) is 3.51. The van der Waals surface area contributed by atoms with Gasteiger partial charge in [-0.05, 0) is 158 Å². The van der Waals surface area contributed by atoms with Crippen molar-refractivity contribution in [3.8, 4) is 11.8 Å². The SMILES string of the molecule is C=C(C)[C@@H]1CC[C@]2(C#CC3=C(C(=O)O)CN(C(=O)OC(C)(C)C)CC3)CC[C@]3(C)C(CCC4[C@@]5(C)CC[C@H](OC(=O)CC(C)(C)C(=O)OC)C(C)(C)C5CC[C@]43C)C12. The number of hydrogen-bond acceptors (Lipinski definition) is 7. The first-order chi connectivity index (χ1) is 26.8. The summed E-state index contributed by atoms with van der Waals surface area (Å²) in [5.41, 5.74) is 0.393. The molecule has 6 rings (SSSR count). The van der Waals surface area contributed by atoms with Crippen molar-refractivity contribution < 1.29 is 38.5 Å². The predicted octanol–water partition coefficient (Wildman–Crippen LogP) is 10.2. The van der Waals surface area contributed by atoms with Crippen molar-refractivity contribution in [2.45, 2.75) is 165 Å². The Morgan fingerprint density at radius 3 is 2.19 bits per heavy atom. The highest BCUT2D eigenvalue weighted by Crippen LogP contribution is 2.77. The first-order valence-corrected chi connectivity index (χ1v) is 22.2. The zero-order valence-corrected chi connectivity index (χ0v) is 37.8. The number of ether oxygens (including phenoxy) is 3. The first-order valence-electron chi connectivity index (χ1n) is 22.2. The molecule has 1 amide bonds. The quantitative estimate of drug-likeness (QED) is 0.122. The van der Waals surface area contributed by atoms with Gasteiger partial charge in [-0.15, -0.1) is 0 Å². The molecule has 1 aliphatic heterocycles. The molecule has 0 aromatic heterocycles. The second kappa shape index (κ2) is 15.0. The van der Waals surface area contributed by atoms with E-state index in [4.69, 9.17) is 14.2 Å². The molecule has 4 unspecified atom stereocenters. The summed E-state index contributed by atoms with van der Waals surface area (Å²) < 4.78 is 16.8. The van der Waals surface area contributed by atoms with E-state index in [9.17, 15) is 24.3 Å². The summed E-state index contributed by atoms with van der Waals surface area (Å²) in [4.78, 5) is 52.7. The van der Waals surface area contributed by atoms with Crippen LogP contribution in [0.1, 0.15) is 153 Å². The molecule has 0 spiro atoms. The molecule has 9 heteroatoms. The third-order valence-corrected chi connectivity index (χ3v) is 17.3. The van der Waals surface area contributed by atoms with Gasteiger partial charge < -0.3 is 24.2 Å². The molecule has 5 fully saturated rings. The fourth-order valence-electron chi connectivity index (χ4n) is 14.2. The highest BCUT2D eigenvalue weighted by molar-refractivity contribution is 5.90. The van der Waals surface area contributed by atoms with Crippen molar-refractivity contribution in [2.24, 2.45) is 62.1 Å². The third kappa shape index (κ3) is 7.33. The summed E-state index contributed by atoms with van der Waals surface area (Å²) in [7, 11) is 1.36. The zero-order valence-electron chi connectivity index (χ0n) is 37.8. The van der Waals surface area contributed by atoms with Crippen LogP contribution in [0, 0.1) is 73.9 Å². The fraction of sp³-hybridized carbons (Fsp3) is 0.796. The molecule has 1 N–H and O–H groups in total. The number of rotatable bonds is 6. The lowest BCUT2D eigenvalue weighted by molar-refractivity contribution is -0.247. The van der Waals surface area contributed by atoms with Crippen LogP contribution in [0.4, 0.5) is 4.79 Å². The second-order valence-corrected chi connectivity index (χ2v) is 22.4. The molecule has 0 saturated heterocycles.